The molecule has 1 saturated carbocycles. The molecule has 1 N–H and O–H groups in total. The molecule has 2 fully saturated rings. The molecule has 1 atom stereocenters. The molecule has 1 saturated heterocycles. The van der Waals surface area contributed by atoms with E-state index in [-0.39, 0.29) is 23.5 Å². The van der Waals surface area contributed by atoms with Gasteiger partial charge in [-0.05, 0) is 48.9 Å². The summed E-state index contributed by atoms with van der Waals surface area (Å²) in [5, 5.41) is 2.83. The summed E-state index contributed by atoms with van der Waals surface area (Å²) in [5.41, 5.74) is 1.75. The predicted molar refractivity (Wildman–Crippen MR) is 75.8 cm³/mol. The van der Waals surface area contributed by atoms with E-state index < -0.39 is 6.04 Å². The van der Waals surface area contributed by atoms with Crippen molar-refractivity contribution in [1.82, 2.24) is 10.2 Å². The first-order chi connectivity index (χ1) is 10.0. The molecule has 0 spiro atoms. The number of hydrogen-bond donors (Lipinski definition) is 1. The zero-order valence-electron chi connectivity index (χ0n) is 12.1. The van der Waals surface area contributed by atoms with E-state index in [0.29, 0.717) is 19.5 Å². The van der Waals surface area contributed by atoms with Gasteiger partial charge < -0.3 is 10.2 Å². The molecule has 1 aliphatic carbocycles. The van der Waals surface area contributed by atoms with Gasteiger partial charge in [-0.15, -0.1) is 0 Å². The summed E-state index contributed by atoms with van der Waals surface area (Å²) in [4.78, 5) is 26.0. The van der Waals surface area contributed by atoms with Crippen LogP contribution < -0.4 is 5.32 Å². The molecule has 1 aromatic rings. The molecule has 21 heavy (non-hydrogen) atoms. The number of nitrogens with one attached hydrogen (secondary N) is 1. The lowest BCUT2D eigenvalue weighted by atomic mass is 10.1. The number of benzene rings is 1. The van der Waals surface area contributed by atoms with Gasteiger partial charge in [0.1, 0.15) is 11.9 Å². The number of carbonyl (C=O) groups is 2. The molecule has 1 aromatic carbocycles. The average molecular weight is 290 g/mol. The van der Waals surface area contributed by atoms with Crippen molar-refractivity contribution in [3.05, 3.63) is 35.1 Å². The SMILES string of the molecule is Cc1ccc(F)cc1CN1CCC(=O)NC(C2CC2)C1=O. The Morgan fingerprint density at radius 2 is 2.10 bits per heavy atom. The molecule has 0 radical (unpaired) electrons. The number of halogens is 1. The fourth-order valence-electron chi connectivity index (χ4n) is 2.77. The maximum atomic E-state index is 13.4. The Kier molecular flexibility index (Phi) is 3.66. The molecule has 112 valence electrons. The summed E-state index contributed by atoms with van der Waals surface area (Å²) in [5.74, 6) is -0.132. The van der Waals surface area contributed by atoms with E-state index >= 15 is 0 Å². The van der Waals surface area contributed by atoms with E-state index in [1.807, 2.05) is 6.92 Å². The zero-order valence-corrected chi connectivity index (χ0v) is 12.1. The van der Waals surface area contributed by atoms with Gasteiger partial charge in [0.15, 0.2) is 0 Å². The summed E-state index contributed by atoms with van der Waals surface area (Å²) in [6.07, 6.45) is 2.29. The van der Waals surface area contributed by atoms with Gasteiger partial charge in [0.05, 0.1) is 0 Å². The van der Waals surface area contributed by atoms with E-state index in [0.717, 1.165) is 24.0 Å². The maximum Gasteiger partial charge on any atom is 0.245 e. The fourth-order valence-corrected chi connectivity index (χ4v) is 2.77. The van der Waals surface area contributed by atoms with Gasteiger partial charge in [-0.25, -0.2) is 4.39 Å². The van der Waals surface area contributed by atoms with Crippen molar-refractivity contribution in [2.75, 3.05) is 6.54 Å². The lowest BCUT2D eigenvalue weighted by molar-refractivity contribution is -0.134. The summed E-state index contributed by atoms with van der Waals surface area (Å²) in [7, 11) is 0. The van der Waals surface area contributed by atoms with Crippen LogP contribution in [0.5, 0.6) is 0 Å². The van der Waals surface area contributed by atoms with Gasteiger partial charge in [0.25, 0.3) is 0 Å². The van der Waals surface area contributed by atoms with Crippen LogP contribution in [-0.4, -0.2) is 29.3 Å². The van der Waals surface area contributed by atoms with E-state index in [9.17, 15) is 14.0 Å². The number of carbonyl (C=O) groups excluding carboxylic acids is 2. The van der Waals surface area contributed by atoms with Gasteiger partial charge in [-0.3, -0.25) is 9.59 Å². The highest BCUT2D eigenvalue weighted by atomic mass is 19.1. The Morgan fingerprint density at radius 1 is 1.33 bits per heavy atom. The van der Waals surface area contributed by atoms with E-state index in [1.165, 1.54) is 12.1 Å². The van der Waals surface area contributed by atoms with Crippen LogP contribution in [-0.2, 0) is 16.1 Å². The van der Waals surface area contributed by atoms with Crippen molar-refractivity contribution < 1.29 is 14.0 Å². The molecular formula is C16H19FN2O2. The molecule has 4 nitrogen and oxygen atoms in total. The normalized spacial score (nSPS) is 23.0. The molecule has 2 amide bonds. The predicted octanol–water partition coefficient (Wildman–Crippen LogP) is 1.76. The minimum atomic E-state index is -0.395. The largest absolute Gasteiger partial charge is 0.344 e. The number of hydrogen-bond acceptors (Lipinski definition) is 2. The second-order valence-corrected chi connectivity index (χ2v) is 5.96. The Hall–Kier alpha value is -1.91. The highest BCUT2D eigenvalue weighted by Gasteiger charge is 2.40. The molecule has 5 heteroatoms. The third kappa shape index (κ3) is 3.06. The van der Waals surface area contributed by atoms with Gasteiger partial charge >= 0.3 is 0 Å². The van der Waals surface area contributed by atoms with Gasteiger partial charge in [0.2, 0.25) is 11.8 Å². The van der Waals surface area contributed by atoms with Gasteiger partial charge in [-0.2, -0.15) is 0 Å². The van der Waals surface area contributed by atoms with Crippen LogP contribution in [0.3, 0.4) is 0 Å². The van der Waals surface area contributed by atoms with Gasteiger partial charge in [-0.1, -0.05) is 6.07 Å². The second kappa shape index (κ2) is 5.47. The quantitative estimate of drug-likeness (QED) is 0.922. The summed E-state index contributed by atoms with van der Waals surface area (Å²) in [6, 6.07) is 4.21. The minimum Gasteiger partial charge on any atom is -0.344 e. The molecule has 1 heterocycles. The van der Waals surface area contributed by atoms with Crippen molar-refractivity contribution in [3.8, 4) is 0 Å². The monoisotopic (exact) mass is 290 g/mol. The van der Waals surface area contributed by atoms with Crippen LogP contribution >= 0.6 is 0 Å². The zero-order chi connectivity index (χ0) is 15.0. The third-order valence-corrected chi connectivity index (χ3v) is 4.27. The van der Waals surface area contributed by atoms with Crippen molar-refractivity contribution in [1.29, 1.82) is 0 Å². The number of aryl methyl sites for hydroxylation is 1. The molecule has 1 unspecified atom stereocenters. The van der Waals surface area contributed by atoms with Crippen molar-refractivity contribution in [3.63, 3.8) is 0 Å². The topological polar surface area (TPSA) is 49.4 Å². The molecular weight excluding hydrogens is 271 g/mol. The Morgan fingerprint density at radius 3 is 2.81 bits per heavy atom. The maximum absolute atomic E-state index is 13.4. The second-order valence-electron chi connectivity index (χ2n) is 5.96. The lowest BCUT2D eigenvalue weighted by Crippen LogP contribution is -2.45. The highest BCUT2D eigenvalue weighted by molar-refractivity contribution is 5.90. The van der Waals surface area contributed by atoms with Crippen LogP contribution in [0.1, 0.15) is 30.4 Å². The molecule has 0 aromatic heterocycles. The van der Waals surface area contributed by atoms with Crippen molar-refractivity contribution in [2.45, 2.75) is 38.8 Å². The first-order valence-electron chi connectivity index (χ1n) is 7.38. The standard InChI is InChI=1S/C16H19FN2O2/c1-10-2-5-13(17)8-12(10)9-19-7-6-14(20)18-15(16(19)21)11-3-4-11/h2,5,8,11,15H,3-4,6-7,9H2,1H3,(H,18,20). The molecule has 0 bridgehead atoms. The van der Waals surface area contributed by atoms with Crippen molar-refractivity contribution in [2.24, 2.45) is 5.92 Å². The van der Waals surface area contributed by atoms with Crippen LogP contribution in [0.4, 0.5) is 4.39 Å². The highest BCUT2D eigenvalue weighted by Crippen LogP contribution is 2.34. The van der Waals surface area contributed by atoms with E-state index in [2.05, 4.69) is 5.32 Å². The molecule has 3 rings (SSSR count). The van der Waals surface area contributed by atoms with E-state index in [4.69, 9.17) is 0 Å². The third-order valence-electron chi connectivity index (χ3n) is 4.27. The smallest absolute Gasteiger partial charge is 0.245 e. The minimum absolute atomic E-state index is 0.0352. The van der Waals surface area contributed by atoms with Crippen LogP contribution in [0, 0.1) is 18.7 Å². The Bertz CT molecular complexity index is 584. The Balaban J connectivity index is 1.81. The summed E-state index contributed by atoms with van der Waals surface area (Å²) in [6.45, 7) is 2.66. The fraction of sp³-hybridized carbons (Fsp3) is 0.500. The number of rotatable bonds is 3. The van der Waals surface area contributed by atoms with Crippen LogP contribution in [0.15, 0.2) is 18.2 Å². The van der Waals surface area contributed by atoms with Gasteiger partial charge in [0, 0.05) is 19.5 Å². The average Bonchev–Trinajstić information content (AvgIpc) is 3.27. The Labute approximate surface area is 123 Å². The number of nitrogens with zero attached hydrogens (tertiary/aromatic N) is 1. The lowest BCUT2D eigenvalue weighted by Gasteiger charge is -2.24. The summed E-state index contributed by atoms with van der Waals surface area (Å²) < 4.78 is 13.4. The number of amides is 2. The molecule has 1 aliphatic heterocycles. The molecule has 2 aliphatic rings. The van der Waals surface area contributed by atoms with Crippen LogP contribution in [0.25, 0.3) is 0 Å². The first kappa shape index (κ1) is 14.0. The van der Waals surface area contributed by atoms with Crippen molar-refractivity contribution >= 4 is 11.8 Å². The van der Waals surface area contributed by atoms with Crippen LogP contribution in [0.2, 0.25) is 0 Å². The first-order valence-corrected chi connectivity index (χ1v) is 7.38. The van der Waals surface area contributed by atoms with E-state index in [1.54, 1.807) is 11.0 Å². The summed E-state index contributed by atoms with van der Waals surface area (Å²) >= 11 is 0.